The van der Waals surface area contributed by atoms with Gasteiger partial charge in [0.05, 0.1) is 12.5 Å². The van der Waals surface area contributed by atoms with E-state index in [2.05, 4.69) is 0 Å². The van der Waals surface area contributed by atoms with E-state index in [1.54, 1.807) is 6.07 Å². The molecule has 1 aromatic carbocycles. The third-order valence-corrected chi connectivity index (χ3v) is 1.93. The first-order valence-corrected chi connectivity index (χ1v) is 3.77. The molecule has 2 heteroatoms. The number of rotatable bonds is 1. The van der Waals surface area contributed by atoms with Crippen LogP contribution in [0, 0.1) is 31.0 Å². The van der Waals surface area contributed by atoms with E-state index in [0.717, 1.165) is 11.1 Å². The smallest absolute Gasteiger partial charge is 0.127 e. The van der Waals surface area contributed by atoms with Crippen molar-refractivity contribution in [2.24, 2.45) is 0 Å². The SMILES string of the molecule is Cc1cc(F)c(CC#N)cc1C. The molecule has 0 radical (unpaired) electrons. The monoisotopic (exact) mass is 163 g/mol. The Morgan fingerprint density at radius 3 is 2.50 bits per heavy atom. The lowest BCUT2D eigenvalue weighted by atomic mass is 10.0. The molecule has 0 atom stereocenters. The molecule has 0 N–H and O–H groups in total. The van der Waals surface area contributed by atoms with Crippen LogP contribution in [0.5, 0.6) is 0 Å². The lowest BCUT2D eigenvalue weighted by molar-refractivity contribution is 0.613. The Morgan fingerprint density at radius 1 is 1.33 bits per heavy atom. The number of hydrogen-bond donors (Lipinski definition) is 0. The number of nitrogens with zero attached hydrogens (tertiary/aromatic N) is 1. The lowest BCUT2D eigenvalue weighted by Gasteiger charge is -2.03. The first-order chi connectivity index (χ1) is 5.65. The van der Waals surface area contributed by atoms with Gasteiger partial charge in [-0.2, -0.15) is 5.26 Å². The largest absolute Gasteiger partial charge is 0.207 e. The van der Waals surface area contributed by atoms with Crippen molar-refractivity contribution < 1.29 is 4.39 Å². The number of halogens is 1. The third kappa shape index (κ3) is 1.62. The highest BCUT2D eigenvalue weighted by molar-refractivity contribution is 5.32. The van der Waals surface area contributed by atoms with Gasteiger partial charge in [-0.25, -0.2) is 4.39 Å². The van der Waals surface area contributed by atoms with Gasteiger partial charge in [0.25, 0.3) is 0 Å². The molecule has 0 unspecified atom stereocenters. The van der Waals surface area contributed by atoms with Gasteiger partial charge in [0.2, 0.25) is 0 Å². The van der Waals surface area contributed by atoms with Crippen LogP contribution in [-0.2, 0) is 6.42 Å². The normalized spacial score (nSPS) is 9.50. The summed E-state index contributed by atoms with van der Waals surface area (Å²) in [7, 11) is 0. The van der Waals surface area contributed by atoms with E-state index >= 15 is 0 Å². The summed E-state index contributed by atoms with van der Waals surface area (Å²) >= 11 is 0. The predicted molar refractivity (Wildman–Crippen MR) is 45.2 cm³/mol. The standard InChI is InChI=1S/C10H10FN/c1-7-5-9(3-4-12)10(11)6-8(7)2/h5-6H,3H2,1-2H3. The molecule has 0 bridgehead atoms. The molecule has 62 valence electrons. The second-order valence-corrected chi connectivity index (χ2v) is 2.86. The van der Waals surface area contributed by atoms with E-state index in [4.69, 9.17) is 5.26 Å². The van der Waals surface area contributed by atoms with E-state index in [-0.39, 0.29) is 12.2 Å². The molecule has 1 rings (SSSR count). The summed E-state index contributed by atoms with van der Waals surface area (Å²) in [5, 5.41) is 8.39. The minimum Gasteiger partial charge on any atom is -0.207 e. The van der Waals surface area contributed by atoms with Crippen molar-refractivity contribution in [1.82, 2.24) is 0 Å². The zero-order chi connectivity index (χ0) is 9.14. The summed E-state index contributed by atoms with van der Waals surface area (Å²) in [6, 6.07) is 5.14. The molecule has 0 fully saturated rings. The maximum atomic E-state index is 13.1. The molecule has 0 aliphatic carbocycles. The summed E-state index contributed by atoms with van der Waals surface area (Å²) in [6.45, 7) is 3.77. The van der Waals surface area contributed by atoms with Crippen LogP contribution in [0.25, 0.3) is 0 Å². The fraction of sp³-hybridized carbons (Fsp3) is 0.300. The molecule has 1 aromatic rings. The molecule has 0 saturated heterocycles. The summed E-state index contributed by atoms with van der Waals surface area (Å²) in [5.41, 5.74) is 2.44. The van der Waals surface area contributed by atoms with Gasteiger partial charge in [0, 0.05) is 5.56 Å². The molecular formula is C10H10FN. The average molecular weight is 163 g/mol. The Labute approximate surface area is 71.4 Å². The molecule has 1 nitrogen and oxygen atoms in total. The Hall–Kier alpha value is -1.36. The topological polar surface area (TPSA) is 23.8 Å². The van der Waals surface area contributed by atoms with Gasteiger partial charge in [-0.15, -0.1) is 0 Å². The van der Waals surface area contributed by atoms with Crippen LogP contribution >= 0.6 is 0 Å². The third-order valence-electron chi connectivity index (χ3n) is 1.93. The zero-order valence-electron chi connectivity index (χ0n) is 7.19. The van der Waals surface area contributed by atoms with Crippen LogP contribution in [0.15, 0.2) is 12.1 Å². The first kappa shape index (κ1) is 8.73. The molecule has 0 saturated carbocycles. The van der Waals surface area contributed by atoms with Gasteiger partial charge in [0.1, 0.15) is 5.82 Å². The Balaban J connectivity index is 3.16. The van der Waals surface area contributed by atoms with E-state index in [1.165, 1.54) is 6.07 Å². The van der Waals surface area contributed by atoms with Gasteiger partial charge in [-0.1, -0.05) is 6.07 Å². The average Bonchev–Trinajstić information content (AvgIpc) is 2.01. The first-order valence-electron chi connectivity index (χ1n) is 3.77. The van der Waals surface area contributed by atoms with Crippen LogP contribution in [0.1, 0.15) is 16.7 Å². The minimum absolute atomic E-state index is 0.146. The Kier molecular flexibility index (Phi) is 2.44. The fourth-order valence-corrected chi connectivity index (χ4v) is 1.06. The Bertz CT molecular complexity index is 336. The van der Waals surface area contributed by atoms with Crippen molar-refractivity contribution in [3.8, 4) is 6.07 Å². The van der Waals surface area contributed by atoms with Gasteiger partial charge in [0.15, 0.2) is 0 Å². The van der Waals surface area contributed by atoms with E-state index < -0.39 is 0 Å². The maximum absolute atomic E-state index is 13.1. The van der Waals surface area contributed by atoms with Crippen LogP contribution in [0.2, 0.25) is 0 Å². The number of benzene rings is 1. The van der Waals surface area contributed by atoms with Crippen LogP contribution in [-0.4, -0.2) is 0 Å². The van der Waals surface area contributed by atoms with Gasteiger partial charge in [-0.3, -0.25) is 0 Å². The molecule has 0 aliphatic heterocycles. The maximum Gasteiger partial charge on any atom is 0.127 e. The predicted octanol–water partition coefficient (Wildman–Crippen LogP) is 2.51. The van der Waals surface area contributed by atoms with Crippen molar-refractivity contribution in [3.63, 3.8) is 0 Å². The quantitative estimate of drug-likeness (QED) is 0.624. The van der Waals surface area contributed by atoms with E-state index in [9.17, 15) is 4.39 Å². The van der Waals surface area contributed by atoms with Gasteiger partial charge < -0.3 is 0 Å². The van der Waals surface area contributed by atoms with Crippen LogP contribution < -0.4 is 0 Å². The molecule has 0 aromatic heterocycles. The molecule has 0 amide bonds. The Morgan fingerprint density at radius 2 is 1.92 bits per heavy atom. The molecule has 12 heavy (non-hydrogen) atoms. The van der Waals surface area contributed by atoms with Crippen LogP contribution in [0.4, 0.5) is 4.39 Å². The van der Waals surface area contributed by atoms with Crippen molar-refractivity contribution in [2.45, 2.75) is 20.3 Å². The fourth-order valence-electron chi connectivity index (χ4n) is 1.06. The lowest BCUT2D eigenvalue weighted by Crippen LogP contribution is -1.92. The summed E-state index contributed by atoms with van der Waals surface area (Å²) < 4.78 is 13.1. The highest BCUT2D eigenvalue weighted by atomic mass is 19.1. The molecule has 0 heterocycles. The molecule has 0 aliphatic rings. The van der Waals surface area contributed by atoms with Crippen molar-refractivity contribution in [3.05, 3.63) is 34.6 Å². The minimum atomic E-state index is -0.278. The number of aryl methyl sites for hydroxylation is 2. The second kappa shape index (κ2) is 3.36. The van der Waals surface area contributed by atoms with Crippen molar-refractivity contribution in [1.29, 1.82) is 5.26 Å². The van der Waals surface area contributed by atoms with Crippen molar-refractivity contribution >= 4 is 0 Å². The van der Waals surface area contributed by atoms with E-state index in [1.807, 2.05) is 19.9 Å². The van der Waals surface area contributed by atoms with Gasteiger partial charge >= 0.3 is 0 Å². The summed E-state index contributed by atoms with van der Waals surface area (Å²) in [6.07, 6.45) is 0.146. The summed E-state index contributed by atoms with van der Waals surface area (Å²) in [5.74, 6) is -0.278. The number of hydrogen-bond acceptors (Lipinski definition) is 1. The van der Waals surface area contributed by atoms with Crippen LogP contribution in [0.3, 0.4) is 0 Å². The highest BCUT2D eigenvalue weighted by Gasteiger charge is 2.03. The molecule has 0 spiro atoms. The second-order valence-electron chi connectivity index (χ2n) is 2.86. The summed E-state index contributed by atoms with van der Waals surface area (Å²) in [4.78, 5) is 0. The zero-order valence-corrected chi connectivity index (χ0v) is 7.19. The van der Waals surface area contributed by atoms with Crippen molar-refractivity contribution in [2.75, 3.05) is 0 Å². The van der Waals surface area contributed by atoms with Gasteiger partial charge in [-0.05, 0) is 31.0 Å². The highest BCUT2D eigenvalue weighted by Crippen LogP contribution is 2.14. The molecular weight excluding hydrogens is 153 g/mol. The number of nitriles is 1. The van der Waals surface area contributed by atoms with E-state index in [0.29, 0.717) is 5.56 Å².